The standard InChI is InChI=1S/C43H29N3O2/c1-27-12-11-15-29(22-27)30-25-36(33-17-5-7-18-38(33)47)44-37(26-30)35-24-31(23-34-32-16-6-8-19-39(32)48-43(34)35)41-42(28-13-3-2-4-14-28)46-21-10-9-20-40(46)45-41/h2-26,47H,1H3. The molecule has 0 fully saturated rings. The molecule has 1 N–H and O–H groups in total. The topological polar surface area (TPSA) is 63.6 Å². The highest BCUT2D eigenvalue weighted by Crippen LogP contribution is 2.43. The Morgan fingerprint density at radius 1 is 0.562 bits per heavy atom. The van der Waals surface area contributed by atoms with Gasteiger partial charge >= 0.3 is 0 Å². The second kappa shape index (κ2) is 11.1. The van der Waals surface area contributed by atoms with Gasteiger partial charge in [0, 0.05) is 39.2 Å². The molecule has 4 heterocycles. The average Bonchev–Trinajstić information content (AvgIpc) is 3.71. The zero-order valence-electron chi connectivity index (χ0n) is 26.1. The molecule has 0 unspecified atom stereocenters. The Bertz CT molecular complexity index is 2650. The zero-order valence-corrected chi connectivity index (χ0v) is 26.1. The van der Waals surface area contributed by atoms with E-state index in [1.54, 1.807) is 6.07 Å². The number of furan rings is 1. The van der Waals surface area contributed by atoms with Gasteiger partial charge in [0.05, 0.1) is 22.8 Å². The van der Waals surface area contributed by atoms with E-state index < -0.39 is 0 Å². The molecule has 9 rings (SSSR count). The predicted octanol–water partition coefficient (Wildman–Crippen LogP) is 11.0. The van der Waals surface area contributed by atoms with Crippen molar-refractivity contribution in [2.24, 2.45) is 0 Å². The van der Waals surface area contributed by atoms with Gasteiger partial charge in [-0.15, -0.1) is 0 Å². The molecule has 0 bridgehead atoms. The first-order valence-electron chi connectivity index (χ1n) is 16.0. The Morgan fingerprint density at radius 2 is 1.31 bits per heavy atom. The lowest BCUT2D eigenvalue weighted by molar-refractivity contribution is 0.477. The number of phenols is 1. The van der Waals surface area contributed by atoms with E-state index in [0.29, 0.717) is 11.3 Å². The van der Waals surface area contributed by atoms with E-state index in [2.05, 4.69) is 90.3 Å². The van der Waals surface area contributed by atoms with E-state index in [-0.39, 0.29) is 5.75 Å². The summed E-state index contributed by atoms with van der Waals surface area (Å²) in [6, 6.07) is 48.9. The molecule has 0 spiro atoms. The van der Waals surface area contributed by atoms with Gasteiger partial charge in [0.25, 0.3) is 0 Å². The maximum Gasteiger partial charge on any atom is 0.144 e. The molecule has 0 amide bonds. The van der Waals surface area contributed by atoms with Crippen LogP contribution in [0.5, 0.6) is 5.75 Å². The number of aromatic hydroxyl groups is 1. The summed E-state index contributed by atoms with van der Waals surface area (Å²) in [5.41, 5.74) is 12.5. The fourth-order valence-electron chi connectivity index (χ4n) is 6.71. The van der Waals surface area contributed by atoms with Crippen LogP contribution in [0.15, 0.2) is 156 Å². The fourth-order valence-corrected chi connectivity index (χ4v) is 6.71. The Hall–Kier alpha value is -6.46. The molecular weight excluding hydrogens is 590 g/mol. The highest BCUT2D eigenvalue weighted by molar-refractivity contribution is 6.11. The molecule has 5 aromatic carbocycles. The lowest BCUT2D eigenvalue weighted by atomic mass is 9.95. The van der Waals surface area contributed by atoms with Gasteiger partial charge in [-0.3, -0.25) is 4.40 Å². The smallest absolute Gasteiger partial charge is 0.144 e. The van der Waals surface area contributed by atoms with E-state index in [0.717, 1.165) is 78.0 Å². The number of nitrogens with zero attached hydrogens (tertiary/aromatic N) is 3. The second-order valence-electron chi connectivity index (χ2n) is 12.1. The van der Waals surface area contributed by atoms with Crippen molar-refractivity contribution < 1.29 is 9.52 Å². The van der Waals surface area contributed by atoms with Crippen molar-refractivity contribution in [1.82, 2.24) is 14.4 Å². The van der Waals surface area contributed by atoms with Crippen LogP contribution in [0, 0.1) is 6.92 Å². The summed E-state index contributed by atoms with van der Waals surface area (Å²) in [5.74, 6) is 0.178. The number of benzene rings is 5. The van der Waals surface area contributed by atoms with E-state index in [4.69, 9.17) is 14.4 Å². The van der Waals surface area contributed by atoms with Gasteiger partial charge in [-0.05, 0) is 72.6 Å². The summed E-state index contributed by atoms with van der Waals surface area (Å²) in [7, 11) is 0. The fraction of sp³-hybridized carbons (Fsp3) is 0.0233. The van der Waals surface area contributed by atoms with Crippen LogP contribution in [-0.4, -0.2) is 19.5 Å². The quantitative estimate of drug-likeness (QED) is 0.208. The van der Waals surface area contributed by atoms with Crippen LogP contribution >= 0.6 is 0 Å². The van der Waals surface area contributed by atoms with Crippen LogP contribution in [0.4, 0.5) is 0 Å². The Labute approximate surface area is 277 Å². The summed E-state index contributed by atoms with van der Waals surface area (Å²) in [5, 5.41) is 12.9. The molecule has 0 aliphatic carbocycles. The van der Waals surface area contributed by atoms with E-state index >= 15 is 0 Å². The molecule has 0 saturated carbocycles. The van der Waals surface area contributed by atoms with Gasteiger partial charge in [-0.25, -0.2) is 9.97 Å². The first-order valence-corrected chi connectivity index (χ1v) is 16.0. The van der Waals surface area contributed by atoms with Crippen LogP contribution < -0.4 is 0 Å². The molecule has 0 atom stereocenters. The van der Waals surface area contributed by atoms with Crippen molar-refractivity contribution in [2.75, 3.05) is 0 Å². The minimum Gasteiger partial charge on any atom is -0.507 e. The number of aryl methyl sites for hydroxylation is 1. The Morgan fingerprint density at radius 3 is 2.17 bits per heavy atom. The number of phenolic OH excluding ortho intramolecular Hbond substituents is 1. The third-order valence-corrected chi connectivity index (χ3v) is 8.96. The van der Waals surface area contributed by atoms with Gasteiger partial charge in [-0.2, -0.15) is 0 Å². The molecule has 9 aromatic rings. The predicted molar refractivity (Wildman–Crippen MR) is 194 cm³/mol. The Kier molecular flexibility index (Phi) is 6.44. The number of aromatic nitrogens is 3. The normalized spacial score (nSPS) is 11.5. The summed E-state index contributed by atoms with van der Waals surface area (Å²) in [6.07, 6.45) is 2.06. The maximum atomic E-state index is 10.9. The highest BCUT2D eigenvalue weighted by atomic mass is 16.3. The SMILES string of the molecule is Cc1cccc(-c2cc(-c3ccccc3O)nc(-c3cc(-c4nc5ccccn5c4-c4ccccc4)cc4c3oc3ccccc34)c2)c1. The van der Waals surface area contributed by atoms with Crippen molar-refractivity contribution in [3.63, 3.8) is 0 Å². The van der Waals surface area contributed by atoms with Crippen molar-refractivity contribution >= 4 is 27.6 Å². The molecule has 0 aliphatic rings. The van der Waals surface area contributed by atoms with Crippen LogP contribution in [0.3, 0.4) is 0 Å². The third kappa shape index (κ3) is 4.64. The zero-order chi connectivity index (χ0) is 32.2. The number of rotatable bonds is 5. The minimum absolute atomic E-state index is 0.178. The molecule has 0 aliphatic heterocycles. The number of para-hydroxylation sites is 2. The molecule has 5 nitrogen and oxygen atoms in total. The number of hydrogen-bond acceptors (Lipinski definition) is 4. The molecule has 0 radical (unpaired) electrons. The van der Waals surface area contributed by atoms with Crippen molar-refractivity contribution in [3.8, 4) is 61.9 Å². The summed E-state index contributed by atoms with van der Waals surface area (Å²) < 4.78 is 8.77. The van der Waals surface area contributed by atoms with Gasteiger partial charge in [0.2, 0.25) is 0 Å². The van der Waals surface area contributed by atoms with Crippen molar-refractivity contribution in [3.05, 3.63) is 157 Å². The largest absolute Gasteiger partial charge is 0.507 e. The molecule has 48 heavy (non-hydrogen) atoms. The van der Waals surface area contributed by atoms with Gasteiger partial charge in [0.1, 0.15) is 22.6 Å². The van der Waals surface area contributed by atoms with Crippen molar-refractivity contribution in [1.29, 1.82) is 0 Å². The number of pyridine rings is 2. The molecule has 0 saturated heterocycles. The molecule has 228 valence electrons. The van der Waals surface area contributed by atoms with Crippen LogP contribution in [0.2, 0.25) is 0 Å². The van der Waals surface area contributed by atoms with Gasteiger partial charge in [0.15, 0.2) is 0 Å². The van der Waals surface area contributed by atoms with Gasteiger partial charge in [-0.1, -0.05) is 96.6 Å². The maximum absolute atomic E-state index is 10.9. The summed E-state index contributed by atoms with van der Waals surface area (Å²) >= 11 is 0. The molecule has 5 heteroatoms. The average molecular weight is 620 g/mol. The minimum atomic E-state index is 0.178. The number of imidazole rings is 1. The van der Waals surface area contributed by atoms with Gasteiger partial charge < -0.3 is 9.52 Å². The number of hydrogen-bond donors (Lipinski definition) is 1. The van der Waals surface area contributed by atoms with E-state index in [1.165, 1.54) is 0 Å². The van der Waals surface area contributed by atoms with E-state index in [9.17, 15) is 5.11 Å². The van der Waals surface area contributed by atoms with E-state index in [1.807, 2.05) is 66.7 Å². The number of fused-ring (bicyclic) bond motifs is 4. The summed E-state index contributed by atoms with van der Waals surface area (Å²) in [4.78, 5) is 10.4. The monoisotopic (exact) mass is 619 g/mol. The third-order valence-electron chi connectivity index (χ3n) is 8.96. The Balaban J connectivity index is 1.37. The first kappa shape index (κ1) is 27.8. The lowest BCUT2D eigenvalue weighted by Gasteiger charge is -2.13. The first-order chi connectivity index (χ1) is 23.6. The second-order valence-corrected chi connectivity index (χ2v) is 12.1. The highest BCUT2D eigenvalue weighted by Gasteiger charge is 2.22. The molecular formula is C43H29N3O2. The molecule has 4 aromatic heterocycles. The van der Waals surface area contributed by atoms with Crippen LogP contribution in [-0.2, 0) is 0 Å². The van der Waals surface area contributed by atoms with Crippen molar-refractivity contribution in [2.45, 2.75) is 6.92 Å². The van der Waals surface area contributed by atoms with Crippen LogP contribution in [0.25, 0.3) is 83.7 Å². The van der Waals surface area contributed by atoms with Crippen LogP contribution in [0.1, 0.15) is 5.56 Å². The lowest BCUT2D eigenvalue weighted by Crippen LogP contribution is -1.94. The summed E-state index contributed by atoms with van der Waals surface area (Å²) in [6.45, 7) is 2.09.